The van der Waals surface area contributed by atoms with Gasteiger partial charge in [0.2, 0.25) is 0 Å². The highest BCUT2D eigenvalue weighted by Gasteiger charge is 2.17. The predicted molar refractivity (Wildman–Crippen MR) is 79.2 cm³/mol. The van der Waals surface area contributed by atoms with Gasteiger partial charge in [-0.1, -0.05) is 6.07 Å². The fourth-order valence-electron chi connectivity index (χ4n) is 1.95. The summed E-state index contributed by atoms with van der Waals surface area (Å²) in [6, 6.07) is 7.98. The molecule has 2 N–H and O–H groups in total. The van der Waals surface area contributed by atoms with E-state index >= 15 is 0 Å². The Morgan fingerprint density at radius 3 is 2.58 bits per heavy atom. The van der Waals surface area contributed by atoms with Crippen LogP contribution in [0.25, 0.3) is 0 Å². The maximum Gasteiger partial charge on any atom is 0.162 e. The topological polar surface area (TPSA) is 44.5 Å². The second-order valence-corrected chi connectivity index (χ2v) is 5.41. The minimum absolute atomic E-state index is 0.128. The molecule has 19 heavy (non-hydrogen) atoms. The van der Waals surface area contributed by atoms with E-state index in [1.807, 2.05) is 25.1 Å². The van der Waals surface area contributed by atoms with Crippen molar-refractivity contribution in [3.8, 4) is 11.5 Å². The molecule has 0 aliphatic heterocycles. The maximum absolute atomic E-state index is 6.03. The molecule has 2 aromatic rings. The molecule has 0 amide bonds. The van der Waals surface area contributed by atoms with Crippen molar-refractivity contribution >= 4 is 11.3 Å². The lowest BCUT2D eigenvalue weighted by Crippen LogP contribution is -2.18. The van der Waals surface area contributed by atoms with Gasteiger partial charge in [-0.05, 0) is 48.6 Å². The first-order valence-electron chi connectivity index (χ1n) is 6.21. The summed E-state index contributed by atoms with van der Waals surface area (Å²) in [5.74, 6) is 1.48. The Labute approximate surface area is 118 Å². The number of thiophene rings is 1. The lowest BCUT2D eigenvalue weighted by atomic mass is 10.2. The normalized spacial score (nSPS) is 12.2. The lowest BCUT2D eigenvalue weighted by Gasteiger charge is -2.19. The van der Waals surface area contributed by atoms with Gasteiger partial charge in [0, 0.05) is 11.4 Å². The van der Waals surface area contributed by atoms with Crippen LogP contribution in [0.5, 0.6) is 11.5 Å². The fourth-order valence-corrected chi connectivity index (χ4v) is 2.92. The van der Waals surface area contributed by atoms with E-state index in [2.05, 4.69) is 18.4 Å². The number of aryl methyl sites for hydroxylation is 2. The van der Waals surface area contributed by atoms with Gasteiger partial charge < -0.3 is 15.2 Å². The summed E-state index contributed by atoms with van der Waals surface area (Å²) in [5.41, 5.74) is 8.20. The molecule has 0 saturated carbocycles. The number of ether oxygens (including phenoxy) is 2. The summed E-state index contributed by atoms with van der Waals surface area (Å²) >= 11 is 1.67. The van der Waals surface area contributed by atoms with Gasteiger partial charge in [-0.25, -0.2) is 0 Å². The molecule has 0 fully saturated rings. The Morgan fingerprint density at radius 2 is 2.00 bits per heavy atom. The average molecular weight is 277 g/mol. The van der Waals surface area contributed by atoms with Crippen LogP contribution in [0.15, 0.2) is 29.6 Å². The first-order chi connectivity index (χ1) is 9.15. The Hall–Kier alpha value is -1.52. The standard InChI is InChI=1S/C15H19NO2S/c1-10-4-5-12(13(8-10)17-3)18-14(9-16)15-11(2)6-7-19-15/h4-8,14H,9,16H2,1-3H3. The Balaban J connectivity index is 2.26. The molecule has 1 atom stereocenters. The molecule has 102 valence electrons. The molecule has 0 spiro atoms. The van der Waals surface area contributed by atoms with Crippen LogP contribution in [-0.4, -0.2) is 13.7 Å². The van der Waals surface area contributed by atoms with E-state index in [9.17, 15) is 0 Å². The summed E-state index contributed by atoms with van der Waals surface area (Å²) in [5, 5.41) is 2.06. The summed E-state index contributed by atoms with van der Waals surface area (Å²) in [4.78, 5) is 1.17. The molecule has 1 heterocycles. The highest BCUT2D eigenvalue weighted by Crippen LogP contribution is 2.33. The summed E-state index contributed by atoms with van der Waals surface area (Å²) in [6.45, 7) is 4.54. The van der Waals surface area contributed by atoms with Crippen LogP contribution in [0.1, 0.15) is 22.1 Å². The van der Waals surface area contributed by atoms with Crippen LogP contribution in [0, 0.1) is 13.8 Å². The first kappa shape index (κ1) is 13.9. The summed E-state index contributed by atoms with van der Waals surface area (Å²) in [7, 11) is 1.65. The van der Waals surface area contributed by atoms with E-state index in [0.717, 1.165) is 17.1 Å². The maximum atomic E-state index is 6.03. The SMILES string of the molecule is COc1cc(C)ccc1OC(CN)c1sccc1C. The summed E-state index contributed by atoms with van der Waals surface area (Å²) in [6.07, 6.45) is -0.128. The molecule has 0 radical (unpaired) electrons. The smallest absolute Gasteiger partial charge is 0.162 e. The van der Waals surface area contributed by atoms with Crippen LogP contribution in [0.4, 0.5) is 0 Å². The van der Waals surface area contributed by atoms with Gasteiger partial charge in [0.05, 0.1) is 7.11 Å². The zero-order valence-corrected chi connectivity index (χ0v) is 12.3. The van der Waals surface area contributed by atoms with Gasteiger partial charge in [-0.15, -0.1) is 11.3 Å². The highest BCUT2D eigenvalue weighted by atomic mass is 32.1. The molecule has 4 heteroatoms. The molecule has 2 rings (SSSR count). The van der Waals surface area contributed by atoms with Crippen LogP contribution < -0.4 is 15.2 Å². The van der Waals surface area contributed by atoms with Crippen molar-refractivity contribution in [3.63, 3.8) is 0 Å². The number of nitrogens with two attached hydrogens (primary N) is 1. The van der Waals surface area contributed by atoms with E-state index in [4.69, 9.17) is 15.2 Å². The monoisotopic (exact) mass is 277 g/mol. The van der Waals surface area contributed by atoms with E-state index in [1.54, 1.807) is 18.4 Å². The van der Waals surface area contributed by atoms with Crippen molar-refractivity contribution in [2.45, 2.75) is 20.0 Å². The number of hydrogen-bond donors (Lipinski definition) is 1. The summed E-state index contributed by atoms with van der Waals surface area (Å²) < 4.78 is 11.4. The van der Waals surface area contributed by atoms with E-state index in [0.29, 0.717) is 6.54 Å². The minimum atomic E-state index is -0.128. The van der Waals surface area contributed by atoms with Gasteiger partial charge in [-0.2, -0.15) is 0 Å². The number of methoxy groups -OCH3 is 1. The van der Waals surface area contributed by atoms with Crippen LogP contribution in [0.2, 0.25) is 0 Å². The molecule has 1 unspecified atom stereocenters. The molecule has 0 aliphatic carbocycles. The van der Waals surface area contributed by atoms with E-state index < -0.39 is 0 Å². The van der Waals surface area contributed by atoms with Crippen LogP contribution in [-0.2, 0) is 0 Å². The second-order valence-electron chi connectivity index (χ2n) is 4.46. The minimum Gasteiger partial charge on any atom is -0.493 e. The molecular weight excluding hydrogens is 258 g/mol. The van der Waals surface area contributed by atoms with Gasteiger partial charge >= 0.3 is 0 Å². The third kappa shape index (κ3) is 3.08. The fraction of sp³-hybridized carbons (Fsp3) is 0.333. The van der Waals surface area contributed by atoms with Gasteiger partial charge in [-0.3, -0.25) is 0 Å². The Kier molecular flexibility index (Phi) is 4.45. The molecule has 1 aromatic heterocycles. The Morgan fingerprint density at radius 1 is 1.21 bits per heavy atom. The molecule has 0 aliphatic rings. The average Bonchev–Trinajstić information content (AvgIpc) is 2.83. The molecule has 1 aromatic carbocycles. The van der Waals surface area contributed by atoms with E-state index in [1.165, 1.54) is 10.4 Å². The quantitative estimate of drug-likeness (QED) is 0.910. The molecular formula is C15H19NO2S. The lowest BCUT2D eigenvalue weighted by molar-refractivity contribution is 0.207. The van der Waals surface area contributed by atoms with Gasteiger partial charge in [0.25, 0.3) is 0 Å². The molecule has 0 saturated heterocycles. The third-order valence-electron chi connectivity index (χ3n) is 3.00. The van der Waals surface area contributed by atoms with Crippen molar-refractivity contribution in [2.24, 2.45) is 5.73 Å². The first-order valence-corrected chi connectivity index (χ1v) is 7.09. The van der Waals surface area contributed by atoms with Gasteiger partial charge in [0.1, 0.15) is 6.10 Å². The number of rotatable bonds is 5. The van der Waals surface area contributed by atoms with Crippen molar-refractivity contribution in [3.05, 3.63) is 45.6 Å². The number of hydrogen-bond acceptors (Lipinski definition) is 4. The van der Waals surface area contributed by atoms with Crippen molar-refractivity contribution < 1.29 is 9.47 Å². The highest BCUT2D eigenvalue weighted by molar-refractivity contribution is 7.10. The van der Waals surface area contributed by atoms with Crippen molar-refractivity contribution in [1.29, 1.82) is 0 Å². The van der Waals surface area contributed by atoms with Crippen LogP contribution >= 0.6 is 11.3 Å². The zero-order valence-electron chi connectivity index (χ0n) is 11.5. The van der Waals surface area contributed by atoms with E-state index in [-0.39, 0.29) is 6.10 Å². The Bertz CT molecular complexity index is 551. The molecule has 3 nitrogen and oxygen atoms in total. The number of benzene rings is 1. The largest absolute Gasteiger partial charge is 0.493 e. The third-order valence-corrected chi connectivity index (χ3v) is 4.11. The van der Waals surface area contributed by atoms with Gasteiger partial charge in [0.15, 0.2) is 11.5 Å². The predicted octanol–water partition coefficient (Wildman–Crippen LogP) is 3.45. The van der Waals surface area contributed by atoms with Crippen molar-refractivity contribution in [2.75, 3.05) is 13.7 Å². The zero-order chi connectivity index (χ0) is 13.8. The molecule has 0 bridgehead atoms. The second kappa shape index (κ2) is 6.08. The van der Waals surface area contributed by atoms with Crippen molar-refractivity contribution in [1.82, 2.24) is 0 Å². The van der Waals surface area contributed by atoms with Crippen LogP contribution in [0.3, 0.4) is 0 Å².